The van der Waals surface area contributed by atoms with Crippen molar-refractivity contribution >= 4 is 50.7 Å². The second-order valence-corrected chi connectivity index (χ2v) is 12.5. The third-order valence-corrected chi connectivity index (χ3v) is 9.00. The molecule has 0 fully saturated rings. The quantitative estimate of drug-likeness (QED) is 0.255. The summed E-state index contributed by atoms with van der Waals surface area (Å²) in [6.45, 7) is 4.57. The van der Waals surface area contributed by atoms with E-state index < -0.39 is 40.2 Å². The Labute approximate surface area is 261 Å². The van der Waals surface area contributed by atoms with Gasteiger partial charge in [-0.15, -0.1) is 0 Å². The molecule has 9 nitrogen and oxygen atoms in total. The van der Waals surface area contributed by atoms with Crippen LogP contribution in [-0.4, -0.2) is 58.0 Å². The number of hydrogen-bond acceptors (Lipinski definition) is 6. The van der Waals surface area contributed by atoms with Crippen LogP contribution in [-0.2, 0) is 26.2 Å². The van der Waals surface area contributed by atoms with Gasteiger partial charge in [-0.1, -0.05) is 36.2 Å². The predicted octanol–water partition coefficient (Wildman–Crippen LogP) is 5.68. The van der Waals surface area contributed by atoms with E-state index in [9.17, 15) is 22.4 Å². The Morgan fingerprint density at radius 2 is 1.58 bits per heavy atom. The van der Waals surface area contributed by atoms with E-state index in [1.54, 1.807) is 39.0 Å². The summed E-state index contributed by atoms with van der Waals surface area (Å²) in [5.41, 5.74) is 0.619. The van der Waals surface area contributed by atoms with E-state index in [2.05, 4.69) is 5.32 Å². The number of sulfonamides is 1. The second-order valence-electron chi connectivity index (χ2n) is 9.86. The normalized spacial score (nSPS) is 12.0. The molecule has 0 spiro atoms. The topological polar surface area (TPSA) is 105 Å². The van der Waals surface area contributed by atoms with Crippen molar-refractivity contribution in [3.63, 3.8) is 0 Å². The van der Waals surface area contributed by atoms with Gasteiger partial charge < -0.3 is 19.7 Å². The van der Waals surface area contributed by atoms with Crippen LogP contribution in [0, 0.1) is 5.82 Å². The number of nitrogens with zero attached hydrogens (tertiary/aromatic N) is 2. The number of benzene rings is 3. The number of ether oxygens (including phenoxy) is 2. The van der Waals surface area contributed by atoms with Crippen LogP contribution in [0.5, 0.6) is 11.5 Å². The molecule has 3 rings (SSSR count). The summed E-state index contributed by atoms with van der Waals surface area (Å²) in [5, 5.41) is 3.40. The van der Waals surface area contributed by atoms with E-state index in [1.165, 1.54) is 49.5 Å². The fraction of sp³-hybridized carbons (Fsp3) is 0.333. The summed E-state index contributed by atoms with van der Waals surface area (Å²) in [5.74, 6) is -1.20. The van der Waals surface area contributed by atoms with Crippen LogP contribution in [0.25, 0.3) is 0 Å². The van der Waals surface area contributed by atoms with Crippen LogP contribution < -0.4 is 19.1 Å². The van der Waals surface area contributed by atoms with Crippen molar-refractivity contribution < 1.29 is 31.9 Å². The molecule has 0 saturated carbocycles. The number of nitrogens with one attached hydrogen (secondary N) is 1. The van der Waals surface area contributed by atoms with Crippen LogP contribution in [0.1, 0.15) is 32.8 Å². The molecule has 0 heterocycles. The second kappa shape index (κ2) is 14.8. The van der Waals surface area contributed by atoms with Gasteiger partial charge in [-0.25, -0.2) is 12.8 Å². The molecule has 43 heavy (non-hydrogen) atoms. The molecule has 0 aliphatic heterocycles. The number of halogens is 3. The van der Waals surface area contributed by atoms with E-state index in [0.29, 0.717) is 16.3 Å². The molecule has 3 aromatic rings. The van der Waals surface area contributed by atoms with E-state index in [-0.39, 0.29) is 40.4 Å². The van der Waals surface area contributed by atoms with E-state index in [1.807, 2.05) is 0 Å². The number of methoxy groups -OCH3 is 2. The van der Waals surface area contributed by atoms with Gasteiger partial charge in [0.1, 0.15) is 18.4 Å². The van der Waals surface area contributed by atoms with Gasteiger partial charge in [0.15, 0.2) is 11.5 Å². The lowest BCUT2D eigenvalue weighted by atomic mass is 10.1. The van der Waals surface area contributed by atoms with Gasteiger partial charge in [0.2, 0.25) is 11.8 Å². The maximum Gasteiger partial charge on any atom is 0.264 e. The maximum absolute atomic E-state index is 14.1. The van der Waals surface area contributed by atoms with Crippen LogP contribution in [0.4, 0.5) is 10.1 Å². The SMILES string of the molecule is CCC(C(=O)NC(C)C)N(Cc1ccc(Cl)c(Cl)c1)C(=O)CN(c1ccc(F)cc1)S(=O)(=O)c1ccc(OC)c(OC)c1. The first-order valence-corrected chi connectivity index (χ1v) is 15.6. The molecule has 13 heteroatoms. The lowest BCUT2D eigenvalue weighted by Crippen LogP contribution is -2.53. The Morgan fingerprint density at radius 1 is 0.930 bits per heavy atom. The highest BCUT2D eigenvalue weighted by atomic mass is 35.5. The summed E-state index contributed by atoms with van der Waals surface area (Å²) < 4.78 is 53.3. The number of amides is 2. The Kier molecular flexibility index (Phi) is 11.7. The van der Waals surface area contributed by atoms with Crippen molar-refractivity contribution in [3.05, 3.63) is 82.1 Å². The number of carbonyl (C=O) groups is 2. The lowest BCUT2D eigenvalue weighted by molar-refractivity contribution is -0.140. The van der Waals surface area contributed by atoms with Crippen LogP contribution >= 0.6 is 23.2 Å². The van der Waals surface area contributed by atoms with Crippen LogP contribution in [0.3, 0.4) is 0 Å². The van der Waals surface area contributed by atoms with Gasteiger partial charge >= 0.3 is 0 Å². The van der Waals surface area contributed by atoms with Crippen LogP contribution in [0.2, 0.25) is 10.0 Å². The largest absolute Gasteiger partial charge is 0.493 e. The molecular weight excluding hydrogens is 620 g/mol. The standard InChI is InChI=1S/C30H34Cl2FN3O6S/c1-6-26(30(38)34-19(2)3)35(17-20-7-13-24(31)25(32)15-20)29(37)18-36(22-10-8-21(33)9-11-22)43(39,40)23-12-14-27(41-4)28(16-23)42-5/h7-16,19,26H,6,17-18H2,1-5H3,(H,34,38). The number of anilines is 1. The minimum atomic E-state index is -4.42. The summed E-state index contributed by atoms with van der Waals surface area (Å²) >= 11 is 12.3. The first-order valence-electron chi connectivity index (χ1n) is 13.4. The number of carbonyl (C=O) groups excluding carboxylic acids is 2. The molecule has 1 atom stereocenters. The highest BCUT2D eigenvalue weighted by Crippen LogP contribution is 2.32. The average Bonchev–Trinajstić information content (AvgIpc) is 2.97. The first-order chi connectivity index (χ1) is 20.3. The van der Waals surface area contributed by atoms with Gasteiger partial charge in [-0.3, -0.25) is 13.9 Å². The fourth-order valence-corrected chi connectivity index (χ4v) is 6.13. The summed E-state index contributed by atoms with van der Waals surface area (Å²) in [6, 6.07) is 12.4. The minimum Gasteiger partial charge on any atom is -0.493 e. The fourth-order valence-electron chi connectivity index (χ4n) is 4.38. The van der Waals surface area contributed by atoms with Crippen molar-refractivity contribution in [1.29, 1.82) is 0 Å². The predicted molar refractivity (Wildman–Crippen MR) is 165 cm³/mol. The smallest absolute Gasteiger partial charge is 0.264 e. The molecule has 0 saturated heterocycles. The molecule has 1 N–H and O–H groups in total. The van der Waals surface area contributed by atoms with Crippen molar-refractivity contribution in [2.24, 2.45) is 0 Å². The summed E-state index contributed by atoms with van der Waals surface area (Å²) in [6.07, 6.45) is 0.241. The molecule has 3 aromatic carbocycles. The van der Waals surface area contributed by atoms with Crippen molar-refractivity contribution in [1.82, 2.24) is 10.2 Å². The zero-order chi connectivity index (χ0) is 31.9. The minimum absolute atomic E-state index is 0.0405. The molecular formula is C30H34Cl2FN3O6S. The van der Waals surface area contributed by atoms with Crippen molar-refractivity contribution in [2.75, 3.05) is 25.1 Å². The van der Waals surface area contributed by atoms with Crippen molar-refractivity contribution in [3.8, 4) is 11.5 Å². The third kappa shape index (κ3) is 8.31. The van der Waals surface area contributed by atoms with E-state index in [4.69, 9.17) is 32.7 Å². The molecule has 2 amide bonds. The Bertz CT molecular complexity index is 1550. The van der Waals surface area contributed by atoms with Crippen molar-refractivity contribution in [2.45, 2.75) is 50.7 Å². The highest BCUT2D eigenvalue weighted by molar-refractivity contribution is 7.92. The van der Waals surface area contributed by atoms with E-state index in [0.717, 1.165) is 16.4 Å². The summed E-state index contributed by atoms with van der Waals surface area (Å²) in [4.78, 5) is 28.4. The number of hydrogen-bond donors (Lipinski definition) is 1. The maximum atomic E-state index is 14.1. The first kappa shape index (κ1) is 34.0. The Morgan fingerprint density at radius 3 is 2.14 bits per heavy atom. The van der Waals surface area contributed by atoms with Crippen LogP contribution in [0.15, 0.2) is 65.6 Å². The molecule has 0 aromatic heterocycles. The third-order valence-electron chi connectivity index (χ3n) is 6.49. The average molecular weight is 655 g/mol. The van der Waals surface area contributed by atoms with Gasteiger partial charge in [-0.2, -0.15) is 0 Å². The zero-order valence-electron chi connectivity index (χ0n) is 24.4. The Balaban J connectivity index is 2.11. The summed E-state index contributed by atoms with van der Waals surface area (Å²) in [7, 11) is -1.64. The van der Waals surface area contributed by atoms with Gasteiger partial charge in [0.05, 0.1) is 34.8 Å². The molecule has 0 aliphatic rings. The Hall–Kier alpha value is -3.54. The molecule has 1 unspecified atom stereocenters. The number of rotatable bonds is 13. The highest BCUT2D eigenvalue weighted by Gasteiger charge is 2.34. The van der Waals surface area contributed by atoms with Gasteiger partial charge in [-0.05, 0) is 74.4 Å². The van der Waals surface area contributed by atoms with E-state index >= 15 is 0 Å². The zero-order valence-corrected chi connectivity index (χ0v) is 26.8. The lowest BCUT2D eigenvalue weighted by Gasteiger charge is -2.33. The molecule has 232 valence electrons. The van der Waals surface area contributed by atoms with Gasteiger partial charge in [0, 0.05) is 18.7 Å². The monoisotopic (exact) mass is 653 g/mol. The molecule has 0 aliphatic carbocycles. The van der Waals surface area contributed by atoms with Gasteiger partial charge in [0.25, 0.3) is 10.0 Å². The molecule has 0 bridgehead atoms. The molecule has 0 radical (unpaired) electrons.